The molecule has 0 spiro atoms. The van der Waals surface area contributed by atoms with Crippen LogP contribution in [0.25, 0.3) is 0 Å². The first-order valence-electron chi connectivity index (χ1n) is 5.23. The lowest BCUT2D eigenvalue weighted by Crippen LogP contribution is -2.42. The molecule has 12 heavy (non-hydrogen) atoms. The van der Waals surface area contributed by atoms with Crippen LogP contribution in [0.5, 0.6) is 0 Å². The summed E-state index contributed by atoms with van der Waals surface area (Å²) in [6.45, 7) is 9.69. The summed E-state index contributed by atoms with van der Waals surface area (Å²) in [5, 5.41) is 3.55. The average molecular weight is 167 g/mol. The van der Waals surface area contributed by atoms with Crippen molar-refractivity contribution >= 4 is 0 Å². The minimum Gasteiger partial charge on any atom is -0.316 e. The van der Waals surface area contributed by atoms with Gasteiger partial charge in [0.1, 0.15) is 0 Å². The van der Waals surface area contributed by atoms with Crippen molar-refractivity contribution in [1.82, 2.24) is 5.32 Å². The van der Waals surface area contributed by atoms with E-state index < -0.39 is 0 Å². The second-order valence-electron chi connectivity index (χ2n) is 5.97. The van der Waals surface area contributed by atoms with Crippen LogP contribution in [0.4, 0.5) is 0 Å². The smallest absolute Gasteiger partial charge is 0.00113 e. The highest BCUT2D eigenvalue weighted by molar-refractivity contribution is 5.03. The molecule has 1 heterocycles. The van der Waals surface area contributed by atoms with E-state index in [2.05, 4.69) is 26.1 Å². The van der Waals surface area contributed by atoms with Crippen molar-refractivity contribution in [3.8, 4) is 0 Å². The van der Waals surface area contributed by atoms with Crippen molar-refractivity contribution in [2.24, 2.45) is 16.7 Å². The zero-order chi connectivity index (χ0) is 8.82. The van der Waals surface area contributed by atoms with Crippen molar-refractivity contribution < 1.29 is 0 Å². The first-order valence-corrected chi connectivity index (χ1v) is 5.23. The van der Waals surface area contributed by atoms with Gasteiger partial charge in [0.05, 0.1) is 0 Å². The Morgan fingerprint density at radius 3 is 2.58 bits per heavy atom. The van der Waals surface area contributed by atoms with Gasteiger partial charge in [0, 0.05) is 6.54 Å². The molecule has 70 valence electrons. The van der Waals surface area contributed by atoms with E-state index in [1.54, 1.807) is 0 Å². The third-order valence-corrected chi connectivity index (χ3v) is 3.61. The van der Waals surface area contributed by atoms with Gasteiger partial charge in [-0.3, -0.25) is 0 Å². The standard InChI is InChI=1S/C11H21N/c1-10(2,3)7-11-5-4-9(11)6-12-8-11/h9,12H,4-8H2,1-3H3. The molecular formula is C11H21N. The van der Waals surface area contributed by atoms with Gasteiger partial charge in [0.2, 0.25) is 0 Å². The first kappa shape index (κ1) is 8.55. The largest absolute Gasteiger partial charge is 0.316 e. The molecule has 0 aromatic carbocycles. The quantitative estimate of drug-likeness (QED) is 0.632. The molecule has 0 bridgehead atoms. The fourth-order valence-electron chi connectivity index (χ4n) is 3.15. The monoisotopic (exact) mass is 167 g/mol. The summed E-state index contributed by atoms with van der Waals surface area (Å²) in [5.74, 6) is 1.01. The maximum absolute atomic E-state index is 3.55. The zero-order valence-electron chi connectivity index (χ0n) is 8.61. The summed E-state index contributed by atoms with van der Waals surface area (Å²) in [6, 6.07) is 0. The fourth-order valence-corrected chi connectivity index (χ4v) is 3.15. The summed E-state index contributed by atoms with van der Waals surface area (Å²) < 4.78 is 0. The van der Waals surface area contributed by atoms with E-state index in [4.69, 9.17) is 0 Å². The molecule has 1 nitrogen and oxygen atoms in total. The van der Waals surface area contributed by atoms with Crippen LogP contribution in [0.2, 0.25) is 0 Å². The van der Waals surface area contributed by atoms with Crippen LogP contribution in [0.15, 0.2) is 0 Å². The number of hydrogen-bond acceptors (Lipinski definition) is 1. The molecule has 1 heteroatoms. The summed E-state index contributed by atoms with van der Waals surface area (Å²) in [5.41, 5.74) is 1.23. The first-order chi connectivity index (χ1) is 5.52. The van der Waals surface area contributed by atoms with Gasteiger partial charge >= 0.3 is 0 Å². The molecule has 0 radical (unpaired) electrons. The van der Waals surface area contributed by atoms with E-state index in [9.17, 15) is 0 Å². The zero-order valence-corrected chi connectivity index (χ0v) is 8.61. The van der Waals surface area contributed by atoms with Crippen molar-refractivity contribution in [3.05, 3.63) is 0 Å². The number of nitrogens with one attached hydrogen (secondary N) is 1. The molecule has 1 N–H and O–H groups in total. The van der Waals surface area contributed by atoms with Crippen molar-refractivity contribution in [1.29, 1.82) is 0 Å². The van der Waals surface area contributed by atoms with Crippen molar-refractivity contribution in [3.63, 3.8) is 0 Å². The molecule has 0 aromatic rings. The maximum atomic E-state index is 3.55. The average Bonchev–Trinajstić information content (AvgIpc) is 2.11. The SMILES string of the molecule is CC(C)(C)CC12CCC1CNC2. The molecular weight excluding hydrogens is 146 g/mol. The van der Waals surface area contributed by atoms with Crippen LogP contribution >= 0.6 is 0 Å². The van der Waals surface area contributed by atoms with Gasteiger partial charge < -0.3 is 5.32 Å². The van der Waals surface area contributed by atoms with Gasteiger partial charge in [-0.25, -0.2) is 0 Å². The number of rotatable bonds is 1. The lowest BCUT2D eigenvalue weighted by molar-refractivity contribution is 0.0358. The molecule has 0 aromatic heterocycles. The molecule has 2 aliphatic rings. The van der Waals surface area contributed by atoms with Crippen molar-refractivity contribution in [2.75, 3.05) is 13.1 Å². The molecule has 1 saturated heterocycles. The fraction of sp³-hybridized carbons (Fsp3) is 1.00. The topological polar surface area (TPSA) is 12.0 Å². The number of fused-ring (bicyclic) bond motifs is 1. The Kier molecular flexibility index (Phi) is 1.76. The third kappa shape index (κ3) is 1.28. The highest BCUT2D eigenvalue weighted by Gasteiger charge is 2.50. The van der Waals surface area contributed by atoms with E-state index >= 15 is 0 Å². The summed E-state index contributed by atoms with van der Waals surface area (Å²) in [7, 11) is 0. The van der Waals surface area contributed by atoms with Crippen LogP contribution in [0.1, 0.15) is 40.0 Å². The van der Waals surface area contributed by atoms with Crippen LogP contribution in [0.3, 0.4) is 0 Å². The van der Waals surface area contributed by atoms with Gasteiger partial charge in [-0.1, -0.05) is 20.8 Å². The Morgan fingerprint density at radius 1 is 1.42 bits per heavy atom. The Morgan fingerprint density at radius 2 is 2.17 bits per heavy atom. The molecule has 2 atom stereocenters. The van der Waals surface area contributed by atoms with Crippen LogP contribution in [0, 0.1) is 16.7 Å². The van der Waals surface area contributed by atoms with E-state index in [1.165, 1.54) is 32.4 Å². The lowest BCUT2D eigenvalue weighted by atomic mass is 9.57. The van der Waals surface area contributed by atoms with Gasteiger partial charge in [0.25, 0.3) is 0 Å². The third-order valence-electron chi connectivity index (χ3n) is 3.61. The van der Waals surface area contributed by atoms with Crippen LogP contribution < -0.4 is 5.32 Å². The van der Waals surface area contributed by atoms with Gasteiger partial charge in [-0.05, 0) is 42.6 Å². The predicted octanol–water partition coefficient (Wildman–Crippen LogP) is 2.42. The van der Waals surface area contributed by atoms with Gasteiger partial charge in [0.15, 0.2) is 0 Å². The lowest BCUT2D eigenvalue weighted by Gasteiger charge is -2.47. The van der Waals surface area contributed by atoms with Crippen molar-refractivity contribution in [2.45, 2.75) is 40.0 Å². The summed E-state index contributed by atoms with van der Waals surface area (Å²) in [4.78, 5) is 0. The summed E-state index contributed by atoms with van der Waals surface area (Å²) >= 11 is 0. The second kappa shape index (κ2) is 2.47. The van der Waals surface area contributed by atoms with Gasteiger partial charge in [-0.2, -0.15) is 0 Å². The van der Waals surface area contributed by atoms with Crippen LogP contribution in [-0.4, -0.2) is 13.1 Å². The molecule has 0 amide bonds. The molecule has 2 rings (SSSR count). The van der Waals surface area contributed by atoms with Gasteiger partial charge in [-0.15, -0.1) is 0 Å². The second-order valence-corrected chi connectivity index (χ2v) is 5.97. The van der Waals surface area contributed by atoms with E-state index in [0.717, 1.165) is 5.92 Å². The predicted molar refractivity (Wildman–Crippen MR) is 52.1 cm³/mol. The normalized spacial score (nSPS) is 40.8. The van der Waals surface area contributed by atoms with E-state index in [-0.39, 0.29) is 0 Å². The molecule has 1 saturated carbocycles. The highest BCUT2D eigenvalue weighted by atomic mass is 15.0. The van der Waals surface area contributed by atoms with E-state index in [0.29, 0.717) is 10.8 Å². The minimum absolute atomic E-state index is 0.519. The Hall–Kier alpha value is -0.0400. The Bertz CT molecular complexity index is 180. The van der Waals surface area contributed by atoms with E-state index in [1.807, 2.05) is 0 Å². The Balaban J connectivity index is 2.02. The minimum atomic E-state index is 0.519. The molecule has 1 aliphatic heterocycles. The van der Waals surface area contributed by atoms with Crippen LogP contribution in [-0.2, 0) is 0 Å². The summed E-state index contributed by atoms with van der Waals surface area (Å²) in [6.07, 6.45) is 4.36. The maximum Gasteiger partial charge on any atom is 0.00113 e. The molecule has 2 unspecified atom stereocenters. The Labute approximate surface area is 75.9 Å². The molecule has 1 aliphatic carbocycles. The highest BCUT2D eigenvalue weighted by Crippen LogP contribution is 2.54. The molecule has 2 fully saturated rings. The number of hydrogen-bond donors (Lipinski definition) is 1.